The van der Waals surface area contributed by atoms with E-state index in [4.69, 9.17) is 4.74 Å². The number of hydrogen-bond acceptors (Lipinski definition) is 3. The Morgan fingerprint density at radius 1 is 1.38 bits per heavy atom. The van der Waals surface area contributed by atoms with E-state index in [9.17, 15) is 9.59 Å². The molecule has 0 aromatic heterocycles. The molecule has 0 unspecified atom stereocenters. The van der Waals surface area contributed by atoms with Crippen LogP contribution < -0.4 is 0 Å². The third kappa shape index (κ3) is 3.87. The summed E-state index contributed by atoms with van der Waals surface area (Å²) >= 11 is 0. The molecular weight excluding hydrogens is 168 g/mol. The number of Topliss-reactive ketones (excluding diaryl/α,β-unsaturated/α-hetero) is 2. The molecule has 0 fully saturated rings. The number of hydrogen-bond donors (Lipinski definition) is 0. The smallest absolute Gasteiger partial charge is 0.172 e. The predicted octanol–water partition coefficient (Wildman–Crippen LogP) is 1.72. The molecule has 0 radical (unpaired) electrons. The molecule has 3 nitrogen and oxygen atoms in total. The van der Waals surface area contributed by atoms with Gasteiger partial charge in [-0.15, -0.1) is 0 Å². The lowest BCUT2D eigenvalue weighted by Crippen LogP contribution is -2.16. The van der Waals surface area contributed by atoms with Crippen molar-refractivity contribution in [2.24, 2.45) is 5.92 Å². The molecule has 0 saturated heterocycles. The molecule has 13 heavy (non-hydrogen) atoms. The van der Waals surface area contributed by atoms with E-state index in [0.29, 0.717) is 6.61 Å². The first-order valence-electron chi connectivity index (χ1n) is 4.37. The minimum atomic E-state index is -0.243. The Labute approximate surface area is 78.8 Å². The molecule has 0 aliphatic carbocycles. The molecular formula is C10H16O3. The van der Waals surface area contributed by atoms with Gasteiger partial charge < -0.3 is 4.74 Å². The molecule has 74 valence electrons. The lowest BCUT2D eigenvalue weighted by molar-refractivity contribution is -0.122. The summed E-state index contributed by atoms with van der Waals surface area (Å²) < 4.78 is 4.92. The fourth-order valence-corrected chi connectivity index (χ4v) is 0.792. The van der Waals surface area contributed by atoms with Crippen LogP contribution in [-0.2, 0) is 14.3 Å². The van der Waals surface area contributed by atoms with Crippen LogP contribution in [-0.4, -0.2) is 18.2 Å². The van der Waals surface area contributed by atoms with Crippen LogP contribution in [0.25, 0.3) is 0 Å². The lowest BCUT2D eigenvalue weighted by Gasteiger charge is -2.05. The third-order valence-electron chi connectivity index (χ3n) is 1.54. The summed E-state index contributed by atoms with van der Waals surface area (Å²) in [5.74, 6) is -0.580. The monoisotopic (exact) mass is 184 g/mol. The average molecular weight is 184 g/mol. The minimum absolute atomic E-state index is 0.150. The Hall–Kier alpha value is -1.12. The Kier molecular flexibility index (Phi) is 5.04. The van der Waals surface area contributed by atoms with Crippen LogP contribution in [0.15, 0.2) is 11.8 Å². The van der Waals surface area contributed by atoms with Crippen molar-refractivity contribution >= 4 is 11.6 Å². The molecule has 0 atom stereocenters. The number of ketones is 2. The lowest BCUT2D eigenvalue weighted by atomic mass is 10.00. The maximum Gasteiger partial charge on any atom is 0.172 e. The van der Waals surface area contributed by atoms with E-state index >= 15 is 0 Å². The molecule has 0 aromatic rings. The summed E-state index contributed by atoms with van der Waals surface area (Å²) in [6.45, 7) is 7.14. The van der Waals surface area contributed by atoms with Crippen LogP contribution in [0.3, 0.4) is 0 Å². The van der Waals surface area contributed by atoms with Crippen LogP contribution in [0, 0.1) is 5.92 Å². The number of carbonyl (C=O) groups excluding carboxylic acids is 2. The summed E-state index contributed by atoms with van der Waals surface area (Å²) in [5, 5.41) is 0. The zero-order valence-corrected chi connectivity index (χ0v) is 8.59. The molecule has 0 rings (SSSR count). The van der Waals surface area contributed by atoms with E-state index in [1.165, 1.54) is 13.2 Å². The maximum absolute atomic E-state index is 11.4. The molecule has 0 N–H and O–H groups in total. The van der Waals surface area contributed by atoms with E-state index in [-0.39, 0.29) is 23.1 Å². The fraction of sp³-hybridized carbons (Fsp3) is 0.600. The van der Waals surface area contributed by atoms with Gasteiger partial charge in [0.25, 0.3) is 0 Å². The summed E-state index contributed by atoms with van der Waals surface area (Å²) in [4.78, 5) is 22.4. The summed E-state index contributed by atoms with van der Waals surface area (Å²) in [6.07, 6.45) is 1.25. The van der Waals surface area contributed by atoms with E-state index < -0.39 is 0 Å². The molecule has 0 aliphatic rings. The fourth-order valence-electron chi connectivity index (χ4n) is 0.792. The molecule has 3 heteroatoms. The van der Waals surface area contributed by atoms with Gasteiger partial charge in [0, 0.05) is 5.92 Å². The zero-order chi connectivity index (χ0) is 10.4. The third-order valence-corrected chi connectivity index (χ3v) is 1.54. The van der Waals surface area contributed by atoms with Gasteiger partial charge in [0.2, 0.25) is 0 Å². The van der Waals surface area contributed by atoms with Gasteiger partial charge in [0.1, 0.15) is 0 Å². The standard InChI is InChI=1S/C10H16O3/c1-5-13-6-9(8(4)11)10(12)7(2)3/h6-7H,5H2,1-4H3/b9-6-. The largest absolute Gasteiger partial charge is 0.501 e. The van der Waals surface area contributed by atoms with Crippen LogP contribution in [0.5, 0.6) is 0 Å². The first-order chi connectivity index (χ1) is 6.00. The second-order valence-electron chi connectivity index (χ2n) is 3.06. The highest BCUT2D eigenvalue weighted by Gasteiger charge is 2.17. The zero-order valence-electron chi connectivity index (χ0n) is 8.59. The molecule has 0 heterocycles. The summed E-state index contributed by atoms with van der Waals surface area (Å²) in [6, 6.07) is 0. The average Bonchev–Trinajstić information content (AvgIpc) is 2.04. The SMILES string of the molecule is CCO/C=C(/C(C)=O)C(=O)C(C)C. The van der Waals surface area contributed by atoms with Crippen molar-refractivity contribution in [2.45, 2.75) is 27.7 Å². The second-order valence-corrected chi connectivity index (χ2v) is 3.06. The minimum Gasteiger partial charge on any atom is -0.501 e. The highest BCUT2D eigenvalue weighted by atomic mass is 16.5. The first kappa shape index (κ1) is 11.9. The van der Waals surface area contributed by atoms with E-state index in [0.717, 1.165) is 0 Å². The van der Waals surface area contributed by atoms with Gasteiger partial charge in [-0.05, 0) is 13.8 Å². The van der Waals surface area contributed by atoms with Crippen molar-refractivity contribution in [1.82, 2.24) is 0 Å². The van der Waals surface area contributed by atoms with Gasteiger partial charge in [-0.1, -0.05) is 13.8 Å². The van der Waals surface area contributed by atoms with Crippen molar-refractivity contribution in [3.05, 3.63) is 11.8 Å². The summed E-state index contributed by atoms with van der Waals surface area (Å²) in [7, 11) is 0. The molecule has 0 spiro atoms. The van der Waals surface area contributed by atoms with Gasteiger partial charge in [-0.2, -0.15) is 0 Å². The van der Waals surface area contributed by atoms with Crippen LogP contribution in [0.4, 0.5) is 0 Å². The van der Waals surface area contributed by atoms with Crippen molar-refractivity contribution < 1.29 is 14.3 Å². The van der Waals surface area contributed by atoms with E-state index in [2.05, 4.69) is 0 Å². The van der Waals surface area contributed by atoms with Gasteiger partial charge in [0.15, 0.2) is 11.6 Å². The molecule has 0 saturated carbocycles. The molecule has 0 aliphatic heterocycles. The van der Waals surface area contributed by atoms with Gasteiger partial charge in [-0.3, -0.25) is 9.59 Å². The molecule has 0 amide bonds. The topological polar surface area (TPSA) is 43.4 Å². The molecule has 0 aromatic carbocycles. The Morgan fingerprint density at radius 3 is 2.23 bits per heavy atom. The number of ether oxygens (including phenoxy) is 1. The predicted molar refractivity (Wildman–Crippen MR) is 50.2 cm³/mol. The number of rotatable bonds is 5. The molecule has 0 bridgehead atoms. The van der Waals surface area contributed by atoms with Crippen molar-refractivity contribution in [1.29, 1.82) is 0 Å². The van der Waals surface area contributed by atoms with Crippen molar-refractivity contribution in [2.75, 3.05) is 6.61 Å². The Balaban J connectivity index is 4.61. The van der Waals surface area contributed by atoms with E-state index in [1.807, 2.05) is 0 Å². The first-order valence-corrected chi connectivity index (χ1v) is 4.37. The summed E-state index contributed by atoms with van der Waals surface area (Å²) in [5.41, 5.74) is 0.150. The Bertz CT molecular complexity index is 226. The van der Waals surface area contributed by atoms with Crippen molar-refractivity contribution in [3.8, 4) is 0 Å². The van der Waals surface area contributed by atoms with E-state index in [1.54, 1.807) is 20.8 Å². The highest BCUT2D eigenvalue weighted by Crippen LogP contribution is 2.07. The quantitative estimate of drug-likeness (QED) is 0.283. The highest BCUT2D eigenvalue weighted by molar-refractivity contribution is 6.19. The number of carbonyl (C=O) groups is 2. The van der Waals surface area contributed by atoms with Crippen LogP contribution in [0.2, 0.25) is 0 Å². The van der Waals surface area contributed by atoms with Crippen LogP contribution in [0.1, 0.15) is 27.7 Å². The van der Waals surface area contributed by atoms with Gasteiger partial charge >= 0.3 is 0 Å². The second kappa shape index (κ2) is 5.51. The number of allylic oxidation sites excluding steroid dienone is 1. The Morgan fingerprint density at radius 2 is 1.92 bits per heavy atom. The maximum atomic E-state index is 11.4. The van der Waals surface area contributed by atoms with Crippen LogP contribution >= 0.6 is 0 Å². The normalized spacial score (nSPS) is 11.6. The van der Waals surface area contributed by atoms with Crippen molar-refractivity contribution in [3.63, 3.8) is 0 Å². The van der Waals surface area contributed by atoms with Gasteiger partial charge in [0.05, 0.1) is 18.4 Å². The van der Waals surface area contributed by atoms with Gasteiger partial charge in [-0.25, -0.2) is 0 Å².